The second kappa shape index (κ2) is 5.27. The number of nitrogens with zero attached hydrogens (tertiary/aromatic N) is 2. The quantitative estimate of drug-likeness (QED) is 0.849. The van der Waals surface area contributed by atoms with Crippen LogP contribution < -0.4 is 0 Å². The van der Waals surface area contributed by atoms with E-state index < -0.39 is 11.5 Å². The van der Waals surface area contributed by atoms with Gasteiger partial charge in [-0.05, 0) is 37.6 Å². The fourth-order valence-corrected chi connectivity index (χ4v) is 1.91. The van der Waals surface area contributed by atoms with Crippen molar-refractivity contribution >= 4 is 5.97 Å². The van der Waals surface area contributed by atoms with Gasteiger partial charge in [0.25, 0.3) is 0 Å². The van der Waals surface area contributed by atoms with Gasteiger partial charge >= 0.3 is 5.97 Å². The van der Waals surface area contributed by atoms with Crippen molar-refractivity contribution < 1.29 is 9.90 Å². The number of carboxylic acids is 1. The maximum Gasteiger partial charge on any atom is 0.328 e. The molecule has 0 aliphatic rings. The van der Waals surface area contributed by atoms with Crippen LogP contribution in [0.1, 0.15) is 26.3 Å². The van der Waals surface area contributed by atoms with Crippen LogP contribution in [0.15, 0.2) is 24.5 Å². The number of aromatic nitrogens is 1. The molecule has 0 aliphatic carbocycles. The van der Waals surface area contributed by atoms with E-state index in [1.54, 1.807) is 31.5 Å². The van der Waals surface area contributed by atoms with E-state index in [4.69, 9.17) is 0 Å². The molecule has 1 rings (SSSR count). The second-order valence-electron chi connectivity index (χ2n) is 4.89. The Morgan fingerprint density at radius 1 is 1.47 bits per heavy atom. The molecule has 0 aromatic carbocycles. The lowest BCUT2D eigenvalue weighted by Gasteiger charge is -2.36. The Labute approximate surface area is 102 Å². The maximum atomic E-state index is 11.6. The van der Waals surface area contributed by atoms with Crippen LogP contribution in [0.25, 0.3) is 0 Å². The number of hydrogen-bond donors (Lipinski definition) is 1. The highest BCUT2D eigenvalue weighted by Crippen LogP contribution is 2.27. The summed E-state index contributed by atoms with van der Waals surface area (Å²) in [6, 6.07) is 3.51. The molecular formula is C13H20N2O2. The molecule has 0 bridgehead atoms. The first-order valence-corrected chi connectivity index (χ1v) is 5.74. The molecule has 0 spiro atoms. The van der Waals surface area contributed by atoms with Crippen LogP contribution in [0.4, 0.5) is 0 Å². The lowest BCUT2D eigenvalue weighted by atomic mass is 9.90. The Kier molecular flexibility index (Phi) is 4.23. The van der Waals surface area contributed by atoms with E-state index in [0.717, 1.165) is 12.1 Å². The summed E-state index contributed by atoms with van der Waals surface area (Å²) in [5.41, 5.74) is -0.254. The molecule has 0 saturated heterocycles. The summed E-state index contributed by atoms with van der Waals surface area (Å²) in [5, 5.41) is 9.51. The summed E-state index contributed by atoms with van der Waals surface area (Å²) in [6.45, 7) is 6.61. The zero-order valence-corrected chi connectivity index (χ0v) is 10.8. The van der Waals surface area contributed by atoms with Gasteiger partial charge in [0, 0.05) is 18.9 Å². The van der Waals surface area contributed by atoms with Gasteiger partial charge in [-0.3, -0.25) is 9.88 Å². The summed E-state index contributed by atoms with van der Waals surface area (Å²) in [7, 11) is 1.84. The summed E-state index contributed by atoms with van der Waals surface area (Å²) < 4.78 is 0. The molecule has 1 unspecified atom stereocenters. The number of pyridine rings is 1. The zero-order valence-electron chi connectivity index (χ0n) is 10.8. The molecule has 1 heterocycles. The van der Waals surface area contributed by atoms with Crippen molar-refractivity contribution in [2.24, 2.45) is 5.92 Å². The molecule has 0 fully saturated rings. The molecule has 0 amide bonds. The van der Waals surface area contributed by atoms with Crippen LogP contribution in [0, 0.1) is 5.92 Å². The first kappa shape index (κ1) is 13.6. The fraction of sp³-hybridized carbons (Fsp3) is 0.538. The average Bonchev–Trinajstić information content (AvgIpc) is 2.27. The Hall–Kier alpha value is -1.42. The lowest BCUT2D eigenvalue weighted by Crippen LogP contribution is -2.49. The molecule has 0 radical (unpaired) electrons. The van der Waals surface area contributed by atoms with E-state index in [1.165, 1.54) is 0 Å². The van der Waals surface area contributed by atoms with Crippen LogP contribution in [0.3, 0.4) is 0 Å². The van der Waals surface area contributed by atoms with Crippen molar-refractivity contribution in [1.29, 1.82) is 0 Å². The molecule has 1 atom stereocenters. The smallest absolute Gasteiger partial charge is 0.328 e. The van der Waals surface area contributed by atoms with Gasteiger partial charge in [-0.25, -0.2) is 4.79 Å². The van der Waals surface area contributed by atoms with Crippen LogP contribution in [0.5, 0.6) is 0 Å². The highest BCUT2D eigenvalue weighted by Gasteiger charge is 2.39. The van der Waals surface area contributed by atoms with E-state index in [1.807, 2.05) is 11.9 Å². The minimum atomic E-state index is -1.01. The summed E-state index contributed by atoms with van der Waals surface area (Å²) in [5.74, 6) is -0.424. The van der Waals surface area contributed by atoms with E-state index in [0.29, 0.717) is 5.92 Å². The lowest BCUT2D eigenvalue weighted by molar-refractivity contribution is -0.150. The van der Waals surface area contributed by atoms with Gasteiger partial charge < -0.3 is 5.11 Å². The zero-order chi connectivity index (χ0) is 13.1. The third-order valence-electron chi connectivity index (χ3n) is 3.06. The average molecular weight is 236 g/mol. The van der Waals surface area contributed by atoms with Crippen molar-refractivity contribution in [3.05, 3.63) is 30.1 Å². The van der Waals surface area contributed by atoms with E-state index in [-0.39, 0.29) is 0 Å². The predicted molar refractivity (Wildman–Crippen MR) is 66.7 cm³/mol. The standard InChI is InChI=1S/C13H20N2O2/c1-10(2)9-15(4)13(3,12(16)17)11-5-7-14-8-6-11/h5-8,10H,9H2,1-4H3,(H,16,17). The molecule has 0 saturated carbocycles. The first-order chi connectivity index (χ1) is 7.89. The molecule has 4 nitrogen and oxygen atoms in total. The molecule has 1 aromatic rings. The van der Waals surface area contributed by atoms with Gasteiger partial charge in [0.05, 0.1) is 0 Å². The second-order valence-corrected chi connectivity index (χ2v) is 4.89. The summed E-state index contributed by atoms with van der Waals surface area (Å²) in [6.07, 6.45) is 3.25. The van der Waals surface area contributed by atoms with Crippen molar-refractivity contribution in [3.8, 4) is 0 Å². The number of carboxylic acid groups (broad SMARTS) is 1. The van der Waals surface area contributed by atoms with E-state index in [9.17, 15) is 9.90 Å². The minimum absolute atomic E-state index is 0.417. The maximum absolute atomic E-state index is 11.6. The van der Waals surface area contributed by atoms with Gasteiger partial charge in [-0.15, -0.1) is 0 Å². The van der Waals surface area contributed by atoms with Crippen molar-refractivity contribution in [3.63, 3.8) is 0 Å². The molecule has 1 N–H and O–H groups in total. The van der Waals surface area contributed by atoms with Gasteiger partial charge in [0.2, 0.25) is 0 Å². The SMILES string of the molecule is CC(C)CN(C)C(C)(C(=O)O)c1ccncc1. The van der Waals surface area contributed by atoms with E-state index >= 15 is 0 Å². The topological polar surface area (TPSA) is 53.4 Å². The Morgan fingerprint density at radius 3 is 2.41 bits per heavy atom. The number of aliphatic carboxylic acids is 1. The summed E-state index contributed by atoms with van der Waals surface area (Å²) >= 11 is 0. The number of rotatable bonds is 5. The predicted octanol–water partition coefficient (Wildman–Crippen LogP) is 1.97. The van der Waals surface area contributed by atoms with Crippen molar-refractivity contribution in [1.82, 2.24) is 9.88 Å². The normalized spacial score (nSPS) is 14.9. The van der Waals surface area contributed by atoms with Crippen LogP contribution in [0.2, 0.25) is 0 Å². The van der Waals surface area contributed by atoms with Gasteiger partial charge in [-0.1, -0.05) is 13.8 Å². The van der Waals surface area contributed by atoms with Crippen molar-refractivity contribution in [2.45, 2.75) is 26.3 Å². The molecular weight excluding hydrogens is 216 g/mol. The largest absolute Gasteiger partial charge is 0.480 e. The summed E-state index contributed by atoms with van der Waals surface area (Å²) in [4.78, 5) is 17.4. The minimum Gasteiger partial charge on any atom is -0.480 e. The Morgan fingerprint density at radius 2 is 2.00 bits per heavy atom. The van der Waals surface area contributed by atoms with Gasteiger partial charge in [0.1, 0.15) is 5.54 Å². The fourth-order valence-electron chi connectivity index (χ4n) is 1.91. The van der Waals surface area contributed by atoms with Crippen LogP contribution >= 0.6 is 0 Å². The van der Waals surface area contributed by atoms with Crippen molar-refractivity contribution in [2.75, 3.05) is 13.6 Å². The molecule has 94 valence electrons. The van der Waals surface area contributed by atoms with Gasteiger partial charge in [0.15, 0.2) is 0 Å². The Bertz CT molecular complexity index is 378. The van der Waals surface area contributed by atoms with Crippen LogP contribution in [-0.4, -0.2) is 34.6 Å². The third kappa shape index (κ3) is 2.82. The number of carbonyl (C=O) groups is 1. The molecule has 1 aromatic heterocycles. The third-order valence-corrected chi connectivity index (χ3v) is 3.06. The highest BCUT2D eigenvalue weighted by molar-refractivity contribution is 5.80. The monoisotopic (exact) mass is 236 g/mol. The van der Waals surface area contributed by atoms with E-state index in [2.05, 4.69) is 18.8 Å². The van der Waals surface area contributed by atoms with Gasteiger partial charge in [-0.2, -0.15) is 0 Å². The highest BCUT2D eigenvalue weighted by atomic mass is 16.4. The number of hydrogen-bond acceptors (Lipinski definition) is 3. The van der Waals surface area contributed by atoms with Crippen LogP contribution in [-0.2, 0) is 10.3 Å². The Balaban J connectivity index is 3.10. The first-order valence-electron chi connectivity index (χ1n) is 5.74. The molecule has 0 aliphatic heterocycles. The molecule has 17 heavy (non-hydrogen) atoms. The number of likely N-dealkylation sites (N-methyl/N-ethyl adjacent to an activating group) is 1. The molecule has 4 heteroatoms.